The molecule has 5 rings (SSSR count). The standard InChI is InChI=1S/C25H28N4OS/c1-2-28-17-7-11-22(28)24-23(21-10-5-6-16-26-21)27-25(31)29(24)18-12-14-20(15-13-18)30-19-8-3-4-9-19/h5-7,10-17,19,23-24H,2-4,8-9H2,1H3,(H,27,31)/t23-,24+/m0/s1. The van der Waals surface area contributed by atoms with E-state index in [0.29, 0.717) is 11.2 Å². The van der Waals surface area contributed by atoms with Gasteiger partial charge < -0.3 is 19.5 Å². The Hall–Kier alpha value is -2.86. The molecule has 3 heterocycles. The maximum absolute atomic E-state index is 6.16. The molecule has 5 nitrogen and oxygen atoms in total. The molecule has 1 aliphatic carbocycles. The number of aryl methyl sites for hydroxylation is 1. The molecule has 2 aliphatic rings. The van der Waals surface area contributed by atoms with Gasteiger partial charge in [0.05, 0.1) is 17.8 Å². The van der Waals surface area contributed by atoms with Gasteiger partial charge in [0.25, 0.3) is 0 Å². The van der Waals surface area contributed by atoms with Crippen LogP contribution in [0, 0.1) is 0 Å². The molecule has 160 valence electrons. The third-order valence-electron chi connectivity index (χ3n) is 6.33. The molecule has 2 aromatic heterocycles. The van der Waals surface area contributed by atoms with Gasteiger partial charge in [0.15, 0.2) is 5.11 Å². The van der Waals surface area contributed by atoms with Crippen LogP contribution in [-0.4, -0.2) is 20.8 Å². The summed E-state index contributed by atoms with van der Waals surface area (Å²) in [4.78, 5) is 6.85. The largest absolute Gasteiger partial charge is 0.490 e. The number of nitrogens with zero attached hydrogens (tertiary/aromatic N) is 3. The first-order chi connectivity index (χ1) is 15.2. The van der Waals surface area contributed by atoms with E-state index >= 15 is 0 Å². The topological polar surface area (TPSA) is 42.3 Å². The third-order valence-corrected chi connectivity index (χ3v) is 6.64. The number of thiocarbonyl (C=S) groups is 1. The van der Waals surface area contributed by atoms with Crippen molar-refractivity contribution in [1.82, 2.24) is 14.9 Å². The number of nitrogens with one attached hydrogen (secondary N) is 1. The molecule has 1 saturated carbocycles. The molecule has 1 N–H and O–H groups in total. The lowest BCUT2D eigenvalue weighted by atomic mass is 10.0. The van der Waals surface area contributed by atoms with Gasteiger partial charge in [0.1, 0.15) is 11.8 Å². The maximum atomic E-state index is 6.16. The fraction of sp³-hybridized carbons (Fsp3) is 0.360. The minimum absolute atomic E-state index is 0.0129. The van der Waals surface area contributed by atoms with E-state index < -0.39 is 0 Å². The Bertz CT molecular complexity index is 1030. The van der Waals surface area contributed by atoms with Gasteiger partial charge in [-0.2, -0.15) is 0 Å². The van der Waals surface area contributed by atoms with Crippen LogP contribution in [0.1, 0.15) is 56.1 Å². The number of rotatable bonds is 6. The quantitative estimate of drug-likeness (QED) is 0.528. The van der Waals surface area contributed by atoms with Gasteiger partial charge in [0, 0.05) is 30.3 Å². The molecule has 0 radical (unpaired) electrons. The summed E-state index contributed by atoms with van der Waals surface area (Å²) in [6.45, 7) is 3.07. The fourth-order valence-corrected chi connectivity index (χ4v) is 5.15. The number of ether oxygens (including phenoxy) is 1. The first-order valence-corrected chi connectivity index (χ1v) is 11.6. The van der Waals surface area contributed by atoms with Gasteiger partial charge in [-0.25, -0.2) is 0 Å². The molecule has 2 atom stereocenters. The van der Waals surface area contributed by atoms with Crippen LogP contribution in [0.3, 0.4) is 0 Å². The summed E-state index contributed by atoms with van der Waals surface area (Å²) in [5.41, 5.74) is 3.27. The highest BCUT2D eigenvalue weighted by Crippen LogP contribution is 2.42. The first kappa shape index (κ1) is 20.1. The van der Waals surface area contributed by atoms with E-state index in [2.05, 4.69) is 75.4 Å². The number of pyridine rings is 1. The molecule has 31 heavy (non-hydrogen) atoms. The monoisotopic (exact) mass is 432 g/mol. The fourth-order valence-electron chi connectivity index (χ4n) is 4.80. The van der Waals surface area contributed by atoms with Crippen molar-refractivity contribution in [2.75, 3.05) is 4.90 Å². The van der Waals surface area contributed by atoms with E-state index in [1.54, 1.807) is 0 Å². The van der Waals surface area contributed by atoms with Crippen molar-refractivity contribution in [3.8, 4) is 5.75 Å². The zero-order valence-corrected chi connectivity index (χ0v) is 18.6. The number of aromatic nitrogens is 2. The van der Waals surface area contributed by atoms with Crippen molar-refractivity contribution >= 4 is 23.0 Å². The molecule has 0 amide bonds. The Labute approximate surface area is 189 Å². The summed E-state index contributed by atoms with van der Waals surface area (Å²) in [6.07, 6.45) is 9.17. The highest BCUT2D eigenvalue weighted by molar-refractivity contribution is 7.80. The molecule has 6 heteroatoms. The molecular weight excluding hydrogens is 404 g/mol. The number of anilines is 1. The summed E-state index contributed by atoms with van der Waals surface area (Å²) < 4.78 is 8.44. The molecular formula is C25H28N4OS. The van der Waals surface area contributed by atoms with Crippen LogP contribution in [0.25, 0.3) is 0 Å². The van der Waals surface area contributed by atoms with Crippen molar-refractivity contribution in [3.05, 3.63) is 78.4 Å². The predicted octanol–water partition coefficient (Wildman–Crippen LogP) is 5.40. The van der Waals surface area contributed by atoms with E-state index in [1.807, 2.05) is 18.3 Å². The van der Waals surface area contributed by atoms with Gasteiger partial charge in [-0.15, -0.1) is 0 Å². The van der Waals surface area contributed by atoms with E-state index in [0.717, 1.165) is 36.5 Å². The number of hydrogen-bond acceptors (Lipinski definition) is 3. The maximum Gasteiger partial charge on any atom is 0.174 e. The lowest BCUT2D eigenvalue weighted by Gasteiger charge is -2.29. The summed E-state index contributed by atoms with van der Waals surface area (Å²) >= 11 is 5.83. The molecule has 0 bridgehead atoms. The van der Waals surface area contributed by atoms with Crippen LogP contribution in [-0.2, 0) is 6.54 Å². The van der Waals surface area contributed by atoms with Gasteiger partial charge in [-0.05, 0) is 93.4 Å². The van der Waals surface area contributed by atoms with Crippen LogP contribution in [0.5, 0.6) is 5.75 Å². The van der Waals surface area contributed by atoms with E-state index in [4.69, 9.17) is 17.0 Å². The van der Waals surface area contributed by atoms with Crippen molar-refractivity contribution in [3.63, 3.8) is 0 Å². The zero-order chi connectivity index (χ0) is 21.2. The summed E-state index contributed by atoms with van der Waals surface area (Å²) in [5, 5.41) is 4.25. The normalized spacial score (nSPS) is 21.5. The Morgan fingerprint density at radius 3 is 2.58 bits per heavy atom. The first-order valence-electron chi connectivity index (χ1n) is 11.2. The van der Waals surface area contributed by atoms with Crippen molar-refractivity contribution in [2.24, 2.45) is 0 Å². The number of hydrogen-bond donors (Lipinski definition) is 1. The average molecular weight is 433 g/mol. The Morgan fingerprint density at radius 2 is 1.87 bits per heavy atom. The second-order valence-corrected chi connectivity index (χ2v) is 8.62. The smallest absolute Gasteiger partial charge is 0.174 e. The third kappa shape index (κ3) is 3.92. The second-order valence-electron chi connectivity index (χ2n) is 8.23. The lowest BCUT2D eigenvalue weighted by molar-refractivity contribution is 0.210. The second kappa shape index (κ2) is 8.71. The molecule has 1 saturated heterocycles. The minimum atomic E-state index is -0.0247. The van der Waals surface area contributed by atoms with E-state index in [1.165, 1.54) is 18.5 Å². The molecule has 1 aliphatic heterocycles. The lowest BCUT2D eigenvalue weighted by Crippen LogP contribution is -2.30. The SMILES string of the molecule is CCn1cccc1[C@@H]1[C@H](c2ccccn2)NC(=S)N1c1ccc(OC2CCCC2)cc1. The zero-order valence-electron chi connectivity index (χ0n) is 17.8. The van der Waals surface area contributed by atoms with Gasteiger partial charge in [0.2, 0.25) is 0 Å². The predicted molar refractivity (Wildman–Crippen MR) is 127 cm³/mol. The Morgan fingerprint density at radius 1 is 1.06 bits per heavy atom. The van der Waals surface area contributed by atoms with Crippen LogP contribution in [0.15, 0.2) is 67.0 Å². The highest BCUT2D eigenvalue weighted by Gasteiger charge is 2.41. The molecule has 1 aromatic carbocycles. The van der Waals surface area contributed by atoms with Crippen LogP contribution < -0.4 is 15.0 Å². The average Bonchev–Trinajstić information content (AvgIpc) is 3.55. The summed E-state index contributed by atoms with van der Waals surface area (Å²) in [6, 6.07) is 18.7. The molecule has 0 spiro atoms. The van der Waals surface area contributed by atoms with Gasteiger partial charge in [-0.1, -0.05) is 6.07 Å². The van der Waals surface area contributed by atoms with Crippen LogP contribution >= 0.6 is 12.2 Å². The van der Waals surface area contributed by atoms with Gasteiger partial charge in [-0.3, -0.25) is 4.98 Å². The Balaban J connectivity index is 1.49. The minimum Gasteiger partial charge on any atom is -0.490 e. The number of benzene rings is 1. The molecule has 0 unspecified atom stereocenters. The van der Waals surface area contributed by atoms with E-state index in [9.17, 15) is 0 Å². The van der Waals surface area contributed by atoms with Crippen molar-refractivity contribution in [2.45, 2.75) is 57.3 Å². The van der Waals surface area contributed by atoms with E-state index in [-0.39, 0.29) is 12.1 Å². The van der Waals surface area contributed by atoms with Crippen LogP contribution in [0.4, 0.5) is 5.69 Å². The highest BCUT2D eigenvalue weighted by atomic mass is 32.1. The molecule has 3 aromatic rings. The summed E-state index contributed by atoms with van der Waals surface area (Å²) in [5.74, 6) is 0.934. The van der Waals surface area contributed by atoms with Crippen molar-refractivity contribution in [1.29, 1.82) is 0 Å². The van der Waals surface area contributed by atoms with Crippen LogP contribution in [0.2, 0.25) is 0 Å². The summed E-state index contributed by atoms with van der Waals surface area (Å²) in [7, 11) is 0. The van der Waals surface area contributed by atoms with Gasteiger partial charge >= 0.3 is 0 Å². The van der Waals surface area contributed by atoms with Crippen molar-refractivity contribution < 1.29 is 4.74 Å². The molecule has 2 fully saturated rings. The Kier molecular flexibility index (Phi) is 5.64.